The lowest BCUT2D eigenvalue weighted by Crippen LogP contribution is -2.15. The van der Waals surface area contributed by atoms with Crippen molar-refractivity contribution in [2.45, 2.75) is 19.3 Å². The molecule has 0 spiro atoms. The Morgan fingerprint density at radius 2 is 2.00 bits per heavy atom. The van der Waals surface area contributed by atoms with Crippen LogP contribution in [0.2, 0.25) is 0 Å². The van der Waals surface area contributed by atoms with Crippen LogP contribution in [0, 0.1) is 0 Å². The summed E-state index contributed by atoms with van der Waals surface area (Å²) < 4.78 is 5.62. The Kier molecular flexibility index (Phi) is 5.08. The van der Waals surface area contributed by atoms with E-state index in [0.717, 1.165) is 43.1 Å². The van der Waals surface area contributed by atoms with Gasteiger partial charge in [0.15, 0.2) is 5.17 Å². The quantitative estimate of drug-likeness (QED) is 0.803. The molecule has 0 bridgehead atoms. The van der Waals surface area contributed by atoms with Crippen LogP contribution in [0.1, 0.15) is 19.3 Å². The van der Waals surface area contributed by atoms with Crippen LogP contribution in [-0.4, -0.2) is 23.2 Å². The van der Waals surface area contributed by atoms with Gasteiger partial charge in [0.25, 0.3) is 0 Å². The molecule has 2 N–H and O–H groups in total. The van der Waals surface area contributed by atoms with Crippen LogP contribution in [0.15, 0.2) is 40.5 Å². The number of benzene rings is 1. The molecule has 0 aliphatic carbocycles. The minimum Gasteiger partial charge on any atom is -0.494 e. The van der Waals surface area contributed by atoms with Crippen LogP contribution in [0.4, 0.5) is 0 Å². The molecule has 0 atom stereocenters. The van der Waals surface area contributed by atoms with Crippen LogP contribution in [0.3, 0.4) is 0 Å². The van der Waals surface area contributed by atoms with Gasteiger partial charge in [-0.3, -0.25) is 0 Å². The highest BCUT2D eigenvalue weighted by Gasteiger charge is 2.07. The highest BCUT2D eigenvalue weighted by atomic mass is 32.2. The van der Waals surface area contributed by atoms with Gasteiger partial charge < -0.3 is 10.5 Å². The van der Waals surface area contributed by atoms with Crippen molar-refractivity contribution in [2.75, 3.05) is 12.4 Å². The van der Waals surface area contributed by atoms with Gasteiger partial charge in [0.1, 0.15) is 5.75 Å². The molecule has 4 nitrogen and oxygen atoms in total. The summed E-state index contributed by atoms with van der Waals surface area (Å²) in [5.41, 5.74) is 6.64. The summed E-state index contributed by atoms with van der Waals surface area (Å²) in [5, 5.41) is 8.52. The molecule has 2 rings (SSSR count). The van der Waals surface area contributed by atoms with Crippen molar-refractivity contribution >= 4 is 22.6 Å². The predicted molar refractivity (Wildman–Crippen MR) is 77.3 cm³/mol. The van der Waals surface area contributed by atoms with Crippen LogP contribution >= 0.6 is 11.8 Å². The lowest BCUT2D eigenvalue weighted by Gasteiger charge is -2.09. The van der Waals surface area contributed by atoms with E-state index in [4.69, 9.17) is 10.5 Å². The Morgan fingerprint density at radius 1 is 1.17 bits per heavy atom. The molecule has 1 aliphatic rings. The number of thioether (sulfide) groups is 1. The number of unbranched alkanes of at least 4 members (excludes halogenated alkanes) is 1. The number of hydrogen-bond donors (Lipinski definition) is 1. The lowest BCUT2D eigenvalue weighted by molar-refractivity contribution is 0.308. The highest BCUT2D eigenvalue weighted by Crippen LogP contribution is 2.12. The average Bonchev–Trinajstić information content (AvgIpc) is 2.42. The van der Waals surface area contributed by atoms with Crippen molar-refractivity contribution in [1.29, 1.82) is 0 Å². The molecule has 96 valence electrons. The maximum Gasteiger partial charge on any atom is 0.180 e. The Balaban J connectivity index is 1.59. The van der Waals surface area contributed by atoms with E-state index < -0.39 is 0 Å². The Hall–Kier alpha value is -1.49. The first-order chi connectivity index (χ1) is 8.84. The zero-order valence-corrected chi connectivity index (χ0v) is 11.0. The van der Waals surface area contributed by atoms with E-state index >= 15 is 0 Å². The smallest absolute Gasteiger partial charge is 0.180 e. The molecular formula is C13H17N3OS. The van der Waals surface area contributed by atoms with Crippen LogP contribution in [0.5, 0.6) is 5.75 Å². The van der Waals surface area contributed by atoms with Gasteiger partial charge in [-0.15, -0.1) is 5.10 Å². The molecule has 1 aromatic carbocycles. The van der Waals surface area contributed by atoms with Crippen molar-refractivity contribution in [2.24, 2.45) is 15.9 Å². The van der Waals surface area contributed by atoms with Crippen molar-refractivity contribution in [3.8, 4) is 5.75 Å². The Labute approximate surface area is 111 Å². The first kappa shape index (κ1) is 13.0. The maximum absolute atomic E-state index is 5.62. The molecule has 1 heterocycles. The van der Waals surface area contributed by atoms with Gasteiger partial charge >= 0.3 is 0 Å². The Morgan fingerprint density at radius 3 is 2.72 bits per heavy atom. The van der Waals surface area contributed by atoms with Crippen LogP contribution in [-0.2, 0) is 0 Å². The molecule has 0 aromatic heterocycles. The molecule has 5 heteroatoms. The maximum atomic E-state index is 5.62. The summed E-state index contributed by atoms with van der Waals surface area (Å²) >= 11 is 1.55. The summed E-state index contributed by atoms with van der Waals surface area (Å²) in [5.74, 6) is 1.80. The molecule has 1 aromatic rings. The molecule has 0 saturated heterocycles. The van der Waals surface area contributed by atoms with E-state index in [2.05, 4.69) is 10.2 Å². The fourth-order valence-electron chi connectivity index (χ4n) is 1.60. The summed E-state index contributed by atoms with van der Waals surface area (Å²) in [7, 11) is 0. The van der Waals surface area contributed by atoms with Gasteiger partial charge in [0, 0.05) is 5.75 Å². The lowest BCUT2D eigenvalue weighted by atomic mass is 10.2. The van der Waals surface area contributed by atoms with E-state index in [-0.39, 0.29) is 0 Å². The molecule has 0 radical (unpaired) electrons. The third-order valence-electron chi connectivity index (χ3n) is 2.55. The second-order valence-corrected chi connectivity index (χ2v) is 5.01. The summed E-state index contributed by atoms with van der Waals surface area (Å²) in [6.07, 6.45) is 3.07. The number of amidine groups is 1. The average molecular weight is 263 g/mol. The molecular weight excluding hydrogens is 246 g/mol. The highest BCUT2D eigenvalue weighted by molar-refractivity contribution is 8.14. The third kappa shape index (κ3) is 4.41. The van der Waals surface area contributed by atoms with E-state index in [9.17, 15) is 0 Å². The number of nitrogens with zero attached hydrogens (tertiary/aromatic N) is 2. The summed E-state index contributed by atoms with van der Waals surface area (Å²) in [6.45, 7) is 0.746. The van der Waals surface area contributed by atoms with Gasteiger partial charge in [-0.1, -0.05) is 30.0 Å². The van der Waals surface area contributed by atoms with E-state index in [1.807, 2.05) is 30.3 Å². The van der Waals surface area contributed by atoms with Gasteiger partial charge in [0.05, 0.1) is 12.3 Å². The SMILES string of the molecule is NC1=NN=C(CCCCOc2ccccc2)CS1. The van der Waals surface area contributed by atoms with Crippen molar-refractivity contribution in [1.82, 2.24) is 0 Å². The minimum absolute atomic E-state index is 0.561. The number of hydrogen-bond acceptors (Lipinski definition) is 5. The van der Waals surface area contributed by atoms with Crippen LogP contribution < -0.4 is 10.5 Å². The zero-order chi connectivity index (χ0) is 12.6. The van der Waals surface area contributed by atoms with E-state index in [1.165, 1.54) is 0 Å². The molecule has 0 fully saturated rings. The standard InChI is InChI=1S/C13H17N3OS/c14-13-16-15-11(10-18-13)6-4-5-9-17-12-7-2-1-3-8-12/h1-3,7-8H,4-6,9-10H2,(H2,14,16). The number of rotatable bonds is 6. The van der Waals surface area contributed by atoms with Gasteiger partial charge in [-0.2, -0.15) is 5.10 Å². The largest absolute Gasteiger partial charge is 0.494 e. The predicted octanol–water partition coefficient (Wildman–Crippen LogP) is 2.65. The van der Waals surface area contributed by atoms with Crippen molar-refractivity contribution < 1.29 is 4.74 Å². The molecule has 1 aliphatic heterocycles. The third-order valence-corrected chi connectivity index (χ3v) is 3.40. The first-order valence-corrected chi connectivity index (χ1v) is 7.02. The van der Waals surface area contributed by atoms with Gasteiger partial charge in [-0.25, -0.2) is 0 Å². The van der Waals surface area contributed by atoms with E-state index in [0.29, 0.717) is 5.17 Å². The first-order valence-electron chi connectivity index (χ1n) is 6.04. The fourth-order valence-corrected chi connectivity index (χ4v) is 2.21. The van der Waals surface area contributed by atoms with Crippen molar-refractivity contribution in [3.05, 3.63) is 30.3 Å². The second-order valence-electron chi connectivity index (χ2n) is 4.01. The van der Waals surface area contributed by atoms with Crippen LogP contribution in [0.25, 0.3) is 0 Å². The number of para-hydroxylation sites is 1. The minimum atomic E-state index is 0.561. The summed E-state index contributed by atoms with van der Waals surface area (Å²) in [4.78, 5) is 0. The fraction of sp³-hybridized carbons (Fsp3) is 0.385. The molecule has 18 heavy (non-hydrogen) atoms. The summed E-state index contributed by atoms with van der Waals surface area (Å²) in [6, 6.07) is 9.88. The monoisotopic (exact) mass is 263 g/mol. The van der Waals surface area contributed by atoms with Gasteiger partial charge in [0.2, 0.25) is 0 Å². The molecule has 0 saturated carbocycles. The zero-order valence-electron chi connectivity index (χ0n) is 10.2. The number of ether oxygens (including phenoxy) is 1. The van der Waals surface area contributed by atoms with Gasteiger partial charge in [-0.05, 0) is 31.4 Å². The normalized spacial score (nSPS) is 14.9. The molecule has 0 unspecified atom stereocenters. The van der Waals surface area contributed by atoms with E-state index in [1.54, 1.807) is 11.8 Å². The molecule has 0 amide bonds. The Bertz CT molecular complexity index is 431. The second kappa shape index (κ2) is 7.06. The number of nitrogens with two attached hydrogens (primary N) is 1. The topological polar surface area (TPSA) is 60.0 Å². The van der Waals surface area contributed by atoms with Crippen molar-refractivity contribution in [3.63, 3.8) is 0 Å².